The number of anilines is 1. The number of ether oxygens (including phenoxy) is 1. The summed E-state index contributed by atoms with van der Waals surface area (Å²) in [6, 6.07) is 14.6. The lowest BCUT2D eigenvalue weighted by Crippen LogP contribution is -2.47. The third-order valence-corrected chi connectivity index (χ3v) is 3.83. The van der Waals surface area contributed by atoms with Crippen LogP contribution in [0, 0.1) is 6.92 Å². The third-order valence-electron chi connectivity index (χ3n) is 3.83. The summed E-state index contributed by atoms with van der Waals surface area (Å²) in [6.45, 7) is 3.37. The molecule has 7 heteroatoms. The number of nitrogens with one attached hydrogen (secondary N) is 2. The number of hydrogen-bond donors (Lipinski definition) is 3. The SMILES string of the molecule is Cc1cccc(NC(=O)[C@@H](C)OC(=O)[C@H](Cc2ccccc2)NC(N)=O)c1. The average Bonchev–Trinajstić information content (AvgIpc) is 2.61. The van der Waals surface area contributed by atoms with Gasteiger partial charge in [-0.3, -0.25) is 4.79 Å². The zero-order valence-corrected chi connectivity index (χ0v) is 15.3. The van der Waals surface area contributed by atoms with E-state index in [1.54, 1.807) is 12.1 Å². The van der Waals surface area contributed by atoms with Crippen molar-refractivity contribution in [3.8, 4) is 0 Å². The fourth-order valence-electron chi connectivity index (χ4n) is 2.49. The van der Waals surface area contributed by atoms with Gasteiger partial charge < -0.3 is 21.1 Å². The molecule has 0 saturated carbocycles. The number of hydrogen-bond acceptors (Lipinski definition) is 4. The first kappa shape index (κ1) is 20.0. The maximum atomic E-state index is 12.4. The Morgan fingerprint density at radius 2 is 1.78 bits per heavy atom. The first-order valence-electron chi connectivity index (χ1n) is 8.53. The molecule has 0 aliphatic carbocycles. The van der Waals surface area contributed by atoms with Gasteiger partial charge in [-0.2, -0.15) is 0 Å². The summed E-state index contributed by atoms with van der Waals surface area (Å²) in [5, 5.41) is 5.05. The number of urea groups is 1. The van der Waals surface area contributed by atoms with Gasteiger partial charge in [0.2, 0.25) is 0 Å². The lowest BCUT2D eigenvalue weighted by Gasteiger charge is -2.20. The molecule has 0 heterocycles. The van der Waals surface area contributed by atoms with Crippen LogP contribution in [0.25, 0.3) is 0 Å². The Morgan fingerprint density at radius 1 is 1.07 bits per heavy atom. The van der Waals surface area contributed by atoms with Gasteiger partial charge in [0, 0.05) is 12.1 Å². The molecule has 0 unspecified atom stereocenters. The van der Waals surface area contributed by atoms with Gasteiger partial charge in [0.1, 0.15) is 6.04 Å². The second-order valence-electron chi connectivity index (χ2n) is 6.19. The van der Waals surface area contributed by atoms with E-state index in [2.05, 4.69) is 10.6 Å². The van der Waals surface area contributed by atoms with Crippen LogP contribution in [-0.4, -0.2) is 30.1 Å². The molecule has 3 amide bonds. The van der Waals surface area contributed by atoms with Crippen LogP contribution in [0.1, 0.15) is 18.1 Å². The van der Waals surface area contributed by atoms with Crippen molar-refractivity contribution in [2.75, 3.05) is 5.32 Å². The summed E-state index contributed by atoms with van der Waals surface area (Å²) in [7, 11) is 0. The fourth-order valence-corrected chi connectivity index (χ4v) is 2.49. The topological polar surface area (TPSA) is 111 Å². The number of rotatable bonds is 7. The minimum absolute atomic E-state index is 0.203. The van der Waals surface area contributed by atoms with Crippen molar-refractivity contribution in [2.45, 2.75) is 32.4 Å². The fraction of sp³-hybridized carbons (Fsp3) is 0.250. The summed E-state index contributed by atoms with van der Waals surface area (Å²) < 4.78 is 5.23. The molecule has 0 aliphatic heterocycles. The molecule has 2 aromatic carbocycles. The Hall–Kier alpha value is -3.35. The maximum Gasteiger partial charge on any atom is 0.329 e. The Balaban J connectivity index is 1.99. The number of aryl methyl sites for hydroxylation is 1. The minimum atomic E-state index is -1.04. The van der Waals surface area contributed by atoms with Crippen molar-refractivity contribution >= 4 is 23.6 Å². The van der Waals surface area contributed by atoms with Crippen LogP contribution in [0.15, 0.2) is 54.6 Å². The van der Waals surface area contributed by atoms with E-state index in [1.807, 2.05) is 49.4 Å². The Bertz CT molecular complexity index is 808. The molecule has 0 aromatic heterocycles. The Kier molecular flexibility index (Phi) is 6.93. The van der Waals surface area contributed by atoms with Crippen molar-refractivity contribution < 1.29 is 19.1 Å². The molecule has 0 bridgehead atoms. The van der Waals surface area contributed by atoms with Crippen LogP contribution < -0.4 is 16.4 Å². The smallest absolute Gasteiger partial charge is 0.329 e. The molecular formula is C20H23N3O4. The van der Waals surface area contributed by atoms with E-state index in [0.29, 0.717) is 5.69 Å². The summed E-state index contributed by atoms with van der Waals surface area (Å²) in [6.07, 6.45) is -0.833. The van der Waals surface area contributed by atoms with Crippen molar-refractivity contribution in [1.82, 2.24) is 5.32 Å². The summed E-state index contributed by atoms with van der Waals surface area (Å²) in [5.74, 6) is -1.20. The van der Waals surface area contributed by atoms with E-state index >= 15 is 0 Å². The molecule has 0 spiro atoms. The van der Waals surface area contributed by atoms with Crippen molar-refractivity contribution in [3.63, 3.8) is 0 Å². The zero-order valence-electron chi connectivity index (χ0n) is 15.3. The van der Waals surface area contributed by atoms with E-state index in [0.717, 1.165) is 11.1 Å². The number of nitrogens with two attached hydrogens (primary N) is 1. The number of esters is 1. The first-order valence-corrected chi connectivity index (χ1v) is 8.53. The molecule has 0 radical (unpaired) electrons. The highest BCUT2D eigenvalue weighted by atomic mass is 16.5. The van der Waals surface area contributed by atoms with E-state index in [1.165, 1.54) is 6.92 Å². The highest BCUT2D eigenvalue weighted by Crippen LogP contribution is 2.11. The van der Waals surface area contributed by atoms with Crippen LogP contribution in [0.5, 0.6) is 0 Å². The predicted molar refractivity (Wildman–Crippen MR) is 102 cm³/mol. The molecule has 2 atom stereocenters. The summed E-state index contributed by atoms with van der Waals surface area (Å²) in [5.41, 5.74) is 7.58. The van der Waals surface area contributed by atoms with Gasteiger partial charge in [-0.05, 0) is 37.1 Å². The number of benzene rings is 2. The molecule has 142 valence electrons. The predicted octanol–water partition coefficient (Wildman–Crippen LogP) is 2.14. The normalized spacial score (nSPS) is 12.5. The highest BCUT2D eigenvalue weighted by molar-refractivity contribution is 5.95. The average molecular weight is 369 g/mol. The van der Waals surface area contributed by atoms with Crippen LogP contribution in [-0.2, 0) is 20.7 Å². The van der Waals surface area contributed by atoms with Gasteiger partial charge in [-0.15, -0.1) is 0 Å². The van der Waals surface area contributed by atoms with E-state index in [4.69, 9.17) is 10.5 Å². The third kappa shape index (κ3) is 6.47. The van der Waals surface area contributed by atoms with Crippen LogP contribution in [0.4, 0.5) is 10.5 Å². The Labute approximate surface area is 157 Å². The van der Waals surface area contributed by atoms with Gasteiger partial charge in [-0.25, -0.2) is 9.59 Å². The summed E-state index contributed by atoms with van der Waals surface area (Å²) >= 11 is 0. The molecule has 0 fully saturated rings. The van der Waals surface area contributed by atoms with E-state index in [-0.39, 0.29) is 6.42 Å². The number of carbonyl (C=O) groups excluding carboxylic acids is 3. The van der Waals surface area contributed by atoms with Gasteiger partial charge in [0.05, 0.1) is 0 Å². The van der Waals surface area contributed by atoms with Crippen molar-refractivity contribution in [2.24, 2.45) is 5.73 Å². The quantitative estimate of drug-likeness (QED) is 0.649. The Morgan fingerprint density at radius 3 is 2.41 bits per heavy atom. The maximum absolute atomic E-state index is 12.4. The van der Waals surface area contributed by atoms with Crippen molar-refractivity contribution in [3.05, 3.63) is 65.7 Å². The molecule has 2 aromatic rings. The van der Waals surface area contributed by atoms with Gasteiger partial charge in [-0.1, -0.05) is 42.5 Å². The van der Waals surface area contributed by atoms with Gasteiger partial charge in [0.15, 0.2) is 6.10 Å². The van der Waals surface area contributed by atoms with Crippen LogP contribution in [0.2, 0.25) is 0 Å². The van der Waals surface area contributed by atoms with Gasteiger partial charge >= 0.3 is 12.0 Å². The number of primary amides is 1. The first-order chi connectivity index (χ1) is 12.8. The number of carbonyl (C=O) groups is 3. The second-order valence-corrected chi connectivity index (χ2v) is 6.19. The van der Waals surface area contributed by atoms with Gasteiger partial charge in [0.25, 0.3) is 5.91 Å². The molecular weight excluding hydrogens is 346 g/mol. The van der Waals surface area contributed by atoms with Crippen LogP contribution in [0.3, 0.4) is 0 Å². The second kappa shape index (κ2) is 9.38. The lowest BCUT2D eigenvalue weighted by molar-refractivity contribution is -0.155. The van der Waals surface area contributed by atoms with E-state index in [9.17, 15) is 14.4 Å². The zero-order chi connectivity index (χ0) is 19.8. The monoisotopic (exact) mass is 369 g/mol. The standard InChI is InChI=1S/C20H23N3O4/c1-13-7-6-10-16(11-13)22-18(24)14(2)27-19(25)17(23-20(21)26)12-15-8-4-3-5-9-15/h3-11,14,17H,12H2,1-2H3,(H,22,24)(H3,21,23,26)/t14-,17+/m1/s1. The summed E-state index contributed by atoms with van der Waals surface area (Å²) in [4.78, 5) is 35.9. The van der Waals surface area contributed by atoms with Crippen LogP contribution >= 0.6 is 0 Å². The molecule has 4 N–H and O–H groups in total. The lowest BCUT2D eigenvalue weighted by atomic mass is 10.1. The molecule has 7 nitrogen and oxygen atoms in total. The molecule has 27 heavy (non-hydrogen) atoms. The molecule has 2 rings (SSSR count). The highest BCUT2D eigenvalue weighted by Gasteiger charge is 2.26. The largest absolute Gasteiger partial charge is 0.451 e. The van der Waals surface area contributed by atoms with E-state index < -0.39 is 30.1 Å². The molecule has 0 aliphatic rings. The minimum Gasteiger partial charge on any atom is -0.451 e. The van der Waals surface area contributed by atoms with Crippen molar-refractivity contribution in [1.29, 1.82) is 0 Å². The molecule has 0 saturated heterocycles. The number of amides is 3.